The largest absolute Gasteiger partial charge is 0.496 e. The smallest absolute Gasteiger partial charge is 0.124 e. The van der Waals surface area contributed by atoms with Crippen LogP contribution in [0.25, 0.3) is 0 Å². The van der Waals surface area contributed by atoms with E-state index < -0.39 is 0 Å². The van der Waals surface area contributed by atoms with Crippen LogP contribution >= 0.6 is 0 Å². The number of rotatable bonds is 2. The molecular weight excluding hydrogens is 190 g/mol. The van der Waals surface area contributed by atoms with Crippen LogP contribution in [0.4, 0.5) is 0 Å². The Kier molecular flexibility index (Phi) is 2.67. The van der Waals surface area contributed by atoms with E-state index in [1.54, 1.807) is 7.11 Å². The summed E-state index contributed by atoms with van der Waals surface area (Å²) in [6.07, 6.45) is 0.433. The van der Waals surface area contributed by atoms with Crippen molar-refractivity contribution < 1.29 is 9.84 Å². The summed E-state index contributed by atoms with van der Waals surface area (Å²) in [5.41, 5.74) is 0.643. The van der Waals surface area contributed by atoms with Gasteiger partial charge in [-0.15, -0.1) is 0 Å². The molecule has 1 aromatic carbocycles. The molecule has 0 aliphatic carbocycles. The van der Waals surface area contributed by atoms with Crippen LogP contribution in [0, 0.1) is 0 Å². The Balaban J connectivity index is 2.43. The summed E-state index contributed by atoms with van der Waals surface area (Å²) in [5, 5.41) is 13.3. The number of nitrogens with one attached hydrogen (secondary N) is 1. The fourth-order valence-corrected chi connectivity index (χ4v) is 2.22. The van der Waals surface area contributed by atoms with Crippen molar-refractivity contribution in [1.82, 2.24) is 5.32 Å². The minimum Gasteiger partial charge on any atom is -0.496 e. The van der Waals surface area contributed by atoms with Gasteiger partial charge in [-0.2, -0.15) is 0 Å². The molecule has 2 N–H and O–H groups in total. The Morgan fingerprint density at radius 3 is 2.80 bits per heavy atom. The summed E-state index contributed by atoms with van der Waals surface area (Å²) in [5.74, 6) is 0.827. The Morgan fingerprint density at radius 2 is 2.20 bits per heavy atom. The van der Waals surface area contributed by atoms with Gasteiger partial charge in [0.1, 0.15) is 5.75 Å². The van der Waals surface area contributed by atoms with E-state index in [4.69, 9.17) is 4.74 Å². The van der Waals surface area contributed by atoms with E-state index in [1.165, 1.54) is 0 Å². The van der Waals surface area contributed by atoms with Crippen LogP contribution < -0.4 is 10.1 Å². The third-order valence-electron chi connectivity index (χ3n) is 3.24. The van der Waals surface area contributed by atoms with Crippen LogP contribution in [0.5, 0.6) is 5.75 Å². The molecule has 0 radical (unpaired) electrons. The van der Waals surface area contributed by atoms with E-state index in [1.807, 2.05) is 31.2 Å². The van der Waals surface area contributed by atoms with E-state index in [9.17, 15) is 5.11 Å². The zero-order chi connectivity index (χ0) is 10.9. The van der Waals surface area contributed by atoms with Gasteiger partial charge in [0.25, 0.3) is 0 Å². The molecule has 1 aromatic rings. The maximum Gasteiger partial charge on any atom is 0.124 e. The van der Waals surface area contributed by atoms with Gasteiger partial charge in [-0.05, 0) is 26.0 Å². The minimum atomic E-state index is -0.382. The first-order valence-corrected chi connectivity index (χ1v) is 5.25. The van der Waals surface area contributed by atoms with E-state index in [0.29, 0.717) is 0 Å². The molecule has 2 rings (SSSR count). The third kappa shape index (κ3) is 1.62. The molecule has 0 amide bonds. The van der Waals surface area contributed by atoms with Crippen molar-refractivity contribution in [2.45, 2.75) is 25.0 Å². The van der Waals surface area contributed by atoms with Crippen molar-refractivity contribution in [2.75, 3.05) is 13.7 Å². The number of hydrogen-bond donors (Lipinski definition) is 2. The van der Waals surface area contributed by atoms with Gasteiger partial charge in [0.2, 0.25) is 0 Å². The minimum absolute atomic E-state index is 0.353. The van der Waals surface area contributed by atoms with Gasteiger partial charge in [0, 0.05) is 5.56 Å². The number of para-hydroxylation sites is 1. The second-order valence-electron chi connectivity index (χ2n) is 4.13. The highest BCUT2D eigenvalue weighted by atomic mass is 16.5. The summed E-state index contributed by atoms with van der Waals surface area (Å²) >= 11 is 0. The summed E-state index contributed by atoms with van der Waals surface area (Å²) < 4.78 is 5.32. The lowest BCUT2D eigenvalue weighted by molar-refractivity contribution is 0.105. The van der Waals surface area contributed by atoms with Crippen molar-refractivity contribution >= 4 is 0 Å². The molecule has 1 heterocycles. The van der Waals surface area contributed by atoms with Gasteiger partial charge >= 0.3 is 0 Å². The fraction of sp³-hybridized carbons (Fsp3) is 0.500. The van der Waals surface area contributed by atoms with Crippen molar-refractivity contribution in [2.24, 2.45) is 0 Å². The van der Waals surface area contributed by atoms with Crippen molar-refractivity contribution in [1.29, 1.82) is 0 Å². The summed E-state index contributed by atoms with van der Waals surface area (Å²) in [7, 11) is 1.66. The fourth-order valence-electron chi connectivity index (χ4n) is 2.22. The first-order valence-electron chi connectivity index (χ1n) is 5.25. The highest BCUT2D eigenvalue weighted by Gasteiger charge is 2.40. The molecule has 0 spiro atoms. The van der Waals surface area contributed by atoms with E-state index in [-0.39, 0.29) is 11.6 Å². The molecule has 15 heavy (non-hydrogen) atoms. The predicted molar refractivity (Wildman–Crippen MR) is 59.0 cm³/mol. The molecule has 3 nitrogen and oxygen atoms in total. The number of aliphatic hydroxyl groups is 1. The van der Waals surface area contributed by atoms with Crippen molar-refractivity contribution in [3.05, 3.63) is 29.8 Å². The van der Waals surface area contributed by atoms with Crippen LogP contribution in [0.1, 0.15) is 18.9 Å². The number of benzene rings is 1. The van der Waals surface area contributed by atoms with Crippen molar-refractivity contribution in [3.63, 3.8) is 0 Å². The van der Waals surface area contributed by atoms with E-state index in [0.717, 1.165) is 24.3 Å². The molecular formula is C12H17NO2. The Labute approximate surface area is 90.1 Å². The third-order valence-corrected chi connectivity index (χ3v) is 3.24. The standard InChI is InChI=1S/C12H17NO2/c1-12(11(14)7-8-13-12)9-5-3-4-6-10(9)15-2/h3-6,11,13-14H,7-8H2,1-2H3. The second-order valence-corrected chi connectivity index (χ2v) is 4.13. The molecule has 1 aliphatic heterocycles. The molecule has 2 atom stereocenters. The van der Waals surface area contributed by atoms with Crippen LogP contribution in [0.3, 0.4) is 0 Å². The Bertz CT molecular complexity index is 353. The van der Waals surface area contributed by atoms with Gasteiger partial charge in [-0.3, -0.25) is 0 Å². The predicted octanol–water partition coefficient (Wildman–Crippen LogP) is 1.26. The second kappa shape index (κ2) is 3.83. The molecule has 2 unspecified atom stereocenters. The lowest BCUT2D eigenvalue weighted by atomic mass is 9.87. The highest BCUT2D eigenvalue weighted by Crippen LogP contribution is 2.36. The monoisotopic (exact) mass is 207 g/mol. The first-order chi connectivity index (χ1) is 7.18. The maximum atomic E-state index is 10.0. The Morgan fingerprint density at radius 1 is 1.47 bits per heavy atom. The molecule has 82 valence electrons. The lowest BCUT2D eigenvalue weighted by Crippen LogP contribution is -2.41. The quantitative estimate of drug-likeness (QED) is 0.767. The Hall–Kier alpha value is -1.06. The van der Waals surface area contributed by atoms with E-state index >= 15 is 0 Å². The number of ether oxygens (including phenoxy) is 1. The normalized spacial score (nSPS) is 30.5. The maximum absolute atomic E-state index is 10.0. The molecule has 0 bridgehead atoms. The number of aliphatic hydroxyl groups excluding tert-OH is 1. The summed E-state index contributed by atoms with van der Waals surface area (Å²) in [6, 6.07) is 7.83. The average Bonchev–Trinajstić information content (AvgIpc) is 2.60. The first kappa shape index (κ1) is 10.5. The summed E-state index contributed by atoms with van der Waals surface area (Å²) in [4.78, 5) is 0. The van der Waals surface area contributed by atoms with Crippen LogP contribution in [-0.4, -0.2) is 24.9 Å². The summed E-state index contributed by atoms with van der Waals surface area (Å²) in [6.45, 7) is 2.86. The molecule has 1 aliphatic rings. The molecule has 3 heteroatoms. The van der Waals surface area contributed by atoms with Gasteiger partial charge < -0.3 is 15.2 Å². The molecule has 1 saturated heterocycles. The zero-order valence-corrected chi connectivity index (χ0v) is 9.16. The number of methoxy groups -OCH3 is 1. The molecule has 0 aromatic heterocycles. The van der Waals surface area contributed by atoms with E-state index in [2.05, 4.69) is 5.32 Å². The van der Waals surface area contributed by atoms with Gasteiger partial charge in [0.15, 0.2) is 0 Å². The molecule has 1 fully saturated rings. The number of hydrogen-bond acceptors (Lipinski definition) is 3. The highest BCUT2D eigenvalue weighted by molar-refractivity contribution is 5.40. The van der Waals surface area contributed by atoms with Crippen molar-refractivity contribution in [3.8, 4) is 5.75 Å². The molecule has 0 saturated carbocycles. The van der Waals surface area contributed by atoms with Crippen LogP contribution in [0.15, 0.2) is 24.3 Å². The van der Waals surface area contributed by atoms with Gasteiger partial charge in [-0.1, -0.05) is 18.2 Å². The average molecular weight is 207 g/mol. The van der Waals surface area contributed by atoms with Crippen LogP contribution in [-0.2, 0) is 5.54 Å². The SMILES string of the molecule is COc1ccccc1C1(C)NCCC1O. The lowest BCUT2D eigenvalue weighted by Gasteiger charge is -2.30. The van der Waals surface area contributed by atoms with Gasteiger partial charge in [-0.25, -0.2) is 0 Å². The zero-order valence-electron chi connectivity index (χ0n) is 9.16. The van der Waals surface area contributed by atoms with Crippen LogP contribution in [0.2, 0.25) is 0 Å². The van der Waals surface area contributed by atoms with Gasteiger partial charge in [0.05, 0.1) is 18.8 Å². The topological polar surface area (TPSA) is 41.5 Å².